The van der Waals surface area contributed by atoms with Crippen LogP contribution in [0, 0.1) is 0 Å². The molecule has 0 radical (unpaired) electrons. The Balaban J connectivity index is 1.80. The summed E-state index contributed by atoms with van der Waals surface area (Å²) in [6.07, 6.45) is 1.17. The highest BCUT2D eigenvalue weighted by molar-refractivity contribution is 5.89. The summed E-state index contributed by atoms with van der Waals surface area (Å²) >= 11 is 0. The van der Waals surface area contributed by atoms with Crippen LogP contribution < -0.4 is 0 Å². The number of hydrogen-bond acceptors (Lipinski definition) is 6. The summed E-state index contributed by atoms with van der Waals surface area (Å²) in [7, 11) is 1.33. The molecule has 0 bridgehead atoms. The van der Waals surface area contributed by atoms with E-state index in [2.05, 4.69) is 17.0 Å². The van der Waals surface area contributed by atoms with Crippen LogP contribution in [0.1, 0.15) is 12.0 Å². The zero-order chi connectivity index (χ0) is 17.6. The van der Waals surface area contributed by atoms with Gasteiger partial charge in [0.2, 0.25) is 0 Å². The third-order valence-electron chi connectivity index (χ3n) is 4.80. The Morgan fingerprint density at radius 3 is 2.84 bits per heavy atom. The Hall–Kier alpha value is -1.89. The lowest BCUT2D eigenvalue weighted by atomic mass is 9.96. The first-order chi connectivity index (χ1) is 12.2. The number of methoxy groups -OCH3 is 1. The number of carbonyl (C=O) groups is 1. The van der Waals surface area contributed by atoms with E-state index in [0.29, 0.717) is 44.9 Å². The molecule has 2 aliphatic rings. The molecule has 2 atom stereocenters. The zero-order valence-electron chi connectivity index (χ0n) is 14.5. The van der Waals surface area contributed by atoms with Crippen LogP contribution in [0.2, 0.25) is 0 Å². The van der Waals surface area contributed by atoms with E-state index in [0.717, 1.165) is 6.42 Å². The average molecular weight is 347 g/mol. The molecule has 0 spiro atoms. The van der Waals surface area contributed by atoms with Crippen LogP contribution in [0.5, 0.6) is 0 Å². The number of aliphatic hydroxyl groups excluding tert-OH is 1. The molecule has 1 aromatic carbocycles. The van der Waals surface area contributed by atoms with Crippen molar-refractivity contribution in [2.45, 2.75) is 25.0 Å². The second-order valence-electron chi connectivity index (χ2n) is 6.38. The monoisotopic (exact) mass is 347 g/mol. The predicted octanol–water partition coefficient (Wildman–Crippen LogP) is 1.70. The topological polar surface area (TPSA) is 68.2 Å². The Labute approximate surface area is 148 Å². The number of ether oxygens (including phenoxy) is 3. The first-order valence-corrected chi connectivity index (χ1v) is 8.65. The van der Waals surface area contributed by atoms with E-state index in [-0.39, 0.29) is 17.9 Å². The van der Waals surface area contributed by atoms with E-state index in [4.69, 9.17) is 14.2 Å². The quantitative estimate of drug-likeness (QED) is 0.818. The van der Waals surface area contributed by atoms with Crippen molar-refractivity contribution >= 4 is 5.97 Å². The molecule has 0 amide bonds. The number of aliphatic hydroxyl groups is 1. The van der Waals surface area contributed by atoms with E-state index in [1.54, 1.807) is 0 Å². The van der Waals surface area contributed by atoms with Crippen molar-refractivity contribution in [2.75, 3.05) is 40.0 Å². The summed E-state index contributed by atoms with van der Waals surface area (Å²) in [6.45, 7) is 2.76. The second-order valence-corrected chi connectivity index (χ2v) is 6.38. The third kappa shape index (κ3) is 4.39. The Morgan fingerprint density at radius 1 is 1.36 bits per heavy atom. The first kappa shape index (κ1) is 17.9. The fourth-order valence-corrected chi connectivity index (χ4v) is 3.44. The molecular weight excluding hydrogens is 322 g/mol. The molecule has 25 heavy (non-hydrogen) atoms. The molecule has 136 valence electrons. The van der Waals surface area contributed by atoms with Crippen molar-refractivity contribution in [1.82, 2.24) is 4.90 Å². The van der Waals surface area contributed by atoms with Crippen LogP contribution in [0.15, 0.2) is 41.7 Å². The number of carbonyl (C=O) groups excluding carboxylic acids is 1. The minimum atomic E-state index is -0.471. The van der Waals surface area contributed by atoms with Gasteiger partial charge in [0.25, 0.3) is 0 Å². The SMILES string of the molecule is COC(=O)C1=C(O)CCN(C(Cc2ccccc2)C2COCCO2)C1. The zero-order valence-corrected chi connectivity index (χ0v) is 14.5. The molecule has 1 fully saturated rings. The predicted molar refractivity (Wildman–Crippen MR) is 92.4 cm³/mol. The van der Waals surface area contributed by atoms with E-state index in [1.807, 2.05) is 18.2 Å². The second kappa shape index (κ2) is 8.47. The van der Waals surface area contributed by atoms with Crippen LogP contribution in [-0.4, -0.2) is 68.1 Å². The normalized spacial score (nSPS) is 23.3. The van der Waals surface area contributed by atoms with Crippen LogP contribution in [0.3, 0.4) is 0 Å². The molecule has 2 aliphatic heterocycles. The average Bonchev–Trinajstić information content (AvgIpc) is 2.67. The van der Waals surface area contributed by atoms with Gasteiger partial charge in [0, 0.05) is 25.6 Å². The Bertz CT molecular complexity index is 610. The third-order valence-corrected chi connectivity index (χ3v) is 4.80. The molecule has 2 unspecified atom stereocenters. The van der Waals surface area contributed by atoms with Gasteiger partial charge < -0.3 is 19.3 Å². The van der Waals surface area contributed by atoms with E-state index in [9.17, 15) is 9.90 Å². The lowest BCUT2D eigenvalue weighted by Crippen LogP contribution is -2.52. The maximum absolute atomic E-state index is 12.0. The first-order valence-electron chi connectivity index (χ1n) is 8.65. The highest BCUT2D eigenvalue weighted by atomic mass is 16.6. The van der Waals surface area contributed by atoms with Gasteiger partial charge in [0.15, 0.2) is 0 Å². The molecule has 3 rings (SSSR count). The highest BCUT2D eigenvalue weighted by Gasteiger charge is 2.34. The fourth-order valence-electron chi connectivity index (χ4n) is 3.44. The van der Waals surface area contributed by atoms with E-state index in [1.165, 1.54) is 12.7 Å². The van der Waals surface area contributed by atoms with Gasteiger partial charge in [0.05, 0.1) is 38.6 Å². The van der Waals surface area contributed by atoms with Gasteiger partial charge in [-0.3, -0.25) is 4.90 Å². The molecule has 6 heteroatoms. The van der Waals surface area contributed by atoms with Gasteiger partial charge >= 0.3 is 5.97 Å². The molecule has 1 aromatic rings. The van der Waals surface area contributed by atoms with Crippen molar-refractivity contribution in [3.63, 3.8) is 0 Å². The highest BCUT2D eigenvalue weighted by Crippen LogP contribution is 2.24. The number of hydrogen-bond donors (Lipinski definition) is 1. The lowest BCUT2D eigenvalue weighted by Gasteiger charge is -2.40. The lowest BCUT2D eigenvalue weighted by molar-refractivity contribution is -0.138. The van der Waals surface area contributed by atoms with Crippen LogP contribution in [0.25, 0.3) is 0 Å². The van der Waals surface area contributed by atoms with Crippen molar-refractivity contribution in [3.05, 3.63) is 47.2 Å². The molecule has 0 saturated carbocycles. The number of esters is 1. The summed E-state index contributed by atoms with van der Waals surface area (Å²) < 4.78 is 16.4. The minimum absolute atomic E-state index is 0.0619. The van der Waals surface area contributed by atoms with Gasteiger partial charge in [-0.15, -0.1) is 0 Å². The van der Waals surface area contributed by atoms with Crippen LogP contribution >= 0.6 is 0 Å². The van der Waals surface area contributed by atoms with Gasteiger partial charge in [-0.2, -0.15) is 0 Å². The summed E-state index contributed by atoms with van der Waals surface area (Å²) in [5.41, 5.74) is 1.55. The number of benzene rings is 1. The molecule has 0 aliphatic carbocycles. The van der Waals surface area contributed by atoms with Gasteiger partial charge in [-0.25, -0.2) is 4.79 Å². The molecule has 1 N–H and O–H groups in total. The minimum Gasteiger partial charge on any atom is -0.512 e. The molecule has 2 heterocycles. The molecule has 1 saturated heterocycles. The largest absolute Gasteiger partial charge is 0.512 e. The van der Waals surface area contributed by atoms with Crippen molar-refractivity contribution in [1.29, 1.82) is 0 Å². The Morgan fingerprint density at radius 2 is 2.16 bits per heavy atom. The van der Waals surface area contributed by atoms with E-state index < -0.39 is 5.97 Å². The van der Waals surface area contributed by atoms with Crippen molar-refractivity contribution in [2.24, 2.45) is 0 Å². The van der Waals surface area contributed by atoms with Crippen molar-refractivity contribution < 1.29 is 24.1 Å². The summed E-state index contributed by atoms with van der Waals surface area (Å²) in [5.74, 6) is -0.344. The smallest absolute Gasteiger partial charge is 0.338 e. The summed E-state index contributed by atoms with van der Waals surface area (Å²) in [4.78, 5) is 14.2. The van der Waals surface area contributed by atoms with E-state index >= 15 is 0 Å². The maximum atomic E-state index is 12.0. The van der Waals surface area contributed by atoms with Gasteiger partial charge in [-0.05, 0) is 12.0 Å². The Kier molecular flexibility index (Phi) is 6.07. The molecule has 0 aromatic heterocycles. The maximum Gasteiger partial charge on any atom is 0.338 e. The van der Waals surface area contributed by atoms with Crippen molar-refractivity contribution in [3.8, 4) is 0 Å². The number of nitrogens with zero attached hydrogens (tertiary/aromatic N) is 1. The molecular formula is C19H25NO5. The van der Waals surface area contributed by atoms with Crippen LogP contribution in [-0.2, 0) is 25.4 Å². The fraction of sp³-hybridized carbons (Fsp3) is 0.526. The van der Waals surface area contributed by atoms with Crippen LogP contribution in [0.4, 0.5) is 0 Å². The number of rotatable bonds is 5. The molecule has 6 nitrogen and oxygen atoms in total. The summed E-state index contributed by atoms with van der Waals surface area (Å²) in [5, 5.41) is 10.1. The van der Waals surface area contributed by atoms with Gasteiger partial charge in [0.1, 0.15) is 5.76 Å². The summed E-state index contributed by atoms with van der Waals surface area (Å²) in [6, 6.07) is 10.3. The van der Waals surface area contributed by atoms with Gasteiger partial charge in [-0.1, -0.05) is 30.3 Å². The standard InChI is InChI=1S/C19H25NO5/c1-23-19(22)15-12-20(8-7-17(15)21)16(18-13-24-9-10-25-18)11-14-5-3-2-4-6-14/h2-6,16,18,21H,7-13H2,1H3.